The summed E-state index contributed by atoms with van der Waals surface area (Å²) < 4.78 is 0. The van der Waals surface area contributed by atoms with Crippen LogP contribution in [0.1, 0.15) is 147 Å². The van der Waals surface area contributed by atoms with Crippen LogP contribution in [0, 0.1) is 13.8 Å². The summed E-state index contributed by atoms with van der Waals surface area (Å²) in [5.74, 6) is 0.906. The molecule has 0 bridgehead atoms. The third-order valence-corrected chi connectivity index (χ3v) is 9.98. The van der Waals surface area contributed by atoms with Gasteiger partial charge in [-0.05, 0) is 121 Å². The number of nitrogens with two attached hydrogens (primary N) is 2. The summed E-state index contributed by atoms with van der Waals surface area (Å²) >= 11 is 0. The molecule has 2 atom stereocenters. The first kappa shape index (κ1) is 35.3. The Bertz CT molecular complexity index is 1340. The van der Waals surface area contributed by atoms with Gasteiger partial charge in [0.2, 0.25) is 0 Å². The van der Waals surface area contributed by atoms with Crippen molar-refractivity contribution in [3.63, 3.8) is 0 Å². The average Bonchev–Trinajstić information content (AvgIpc) is 3.05. The fourth-order valence-electron chi connectivity index (χ4n) is 7.20. The monoisotopic (exact) mass is 616 g/mol. The summed E-state index contributed by atoms with van der Waals surface area (Å²) in [4.78, 5) is 0. The minimum Gasteiger partial charge on any atom is -0.399 e. The van der Waals surface area contributed by atoms with Gasteiger partial charge in [0.1, 0.15) is 0 Å². The quantitative estimate of drug-likeness (QED) is 0.0813. The zero-order valence-corrected chi connectivity index (χ0v) is 29.3. The number of aryl methyl sites for hydroxylation is 4. The standard InChI is InChI=1S/C44H60N2/c1-5-7-17-43(41-29-27-39(45)31-33(41)3)37-23-19-35(20-24-37)15-13-11-9-10-12-14-16-36-21-25-38(26-22-36)44(18-8-6-2)42-30-28-40(46)32-34(42)4/h19-32,43-44H,5-18,45-46H2,1-4H3. The average molecular weight is 617 g/mol. The number of nitrogen functional groups attached to an aromatic ring is 2. The lowest BCUT2D eigenvalue weighted by molar-refractivity contribution is 0.593. The Labute approximate surface area is 281 Å². The van der Waals surface area contributed by atoms with E-state index in [1.54, 1.807) is 0 Å². The van der Waals surface area contributed by atoms with Crippen molar-refractivity contribution in [2.75, 3.05) is 11.5 Å². The molecular formula is C44H60N2. The molecule has 0 saturated carbocycles. The Kier molecular flexibility index (Phi) is 14.3. The number of unbranched alkanes of at least 4 members (excludes halogenated alkanes) is 7. The summed E-state index contributed by atoms with van der Waals surface area (Å²) in [6, 6.07) is 31.8. The largest absolute Gasteiger partial charge is 0.399 e. The fraction of sp³-hybridized carbons (Fsp3) is 0.455. The van der Waals surface area contributed by atoms with E-state index in [0.717, 1.165) is 11.4 Å². The van der Waals surface area contributed by atoms with Gasteiger partial charge in [0.15, 0.2) is 0 Å². The summed E-state index contributed by atoms with van der Waals surface area (Å²) in [5.41, 5.74) is 25.1. The molecule has 0 aliphatic carbocycles. The lowest BCUT2D eigenvalue weighted by Crippen LogP contribution is -2.04. The number of anilines is 2. The van der Waals surface area contributed by atoms with Crippen molar-refractivity contribution in [1.82, 2.24) is 0 Å². The molecule has 0 aromatic heterocycles. The number of benzene rings is 4. The third-order valence-electron chi connectivity index (χ3n) is 9.98. The maximum atomic E-state index is 6.05. The van der Waals surface area contributed by atoms with E-state index in [2.05, 4.69) is 113 Å². The van der Waals surface area contributed by atoms with Crippen LogP contribution in [-0.4, -0.2) is 0 Å². The van der Waals surface area contributed by atoms with Gasteiger partial charge in [-0.25, -0.2) is 0 Å². The molecular weight excluding hydrogens is 556 g/mol. The van der Waals surface area contributed by atoms with Crippen molar-refractivity contribution in [2.45, 2.75) is 129 Å². The van der Waals surface area contributed by atoms with E-state index < -0.39 is 0 Å². The summed E-state index contributed by atoms with van der Waals surface area (Å²) in [7, 11) is 0. The molecule has 4 N–H and O–H groups in total. The van der Waals surface area contributed by atoms with Crippen molar-refractivity contribution in [3.8, 4) is 0 Å². The molecule has 0 aliphatic rings. The highest BCUT2D eigenvalue weighted by atomic mass is 14.5. The highest BCUT2D eigenvalue weighted by Gasteiger charge is 2.17. The molecule has 46 heavy (non-hydrogen) atoms. The van der Waals surface area contributed by atoms with E-state index in [-0.39, 0.29) is 0 Å². The Morgan fingerprint density at radius 1 is 0.457 bits per heavy atom. The van der Waals surface area contributed by atoms with Crippen LogP contribution in [0.3, 0.4) is 0 Å². The normalized spacial score (nSPS) is 12.7. The van der Waals surface area contributed by atoms with Gasteiger partial charge in [-0.15, -0.1) is 0 Å². The molecule has 0 radical (unpaired) electrons. The first-order valence-corrected chi connectivity index (χ1v) is 18.3. The minimum atomic E-state index is 0.453. The minimum absolute atomic E-state index is 0.453. The van der Waals surface area contributed by atoms with Gasteiger partial charge in [-0.3, -0.25) is 0 Å². The van der Waals surface area contributed by atoms with E-state index in [1.807, 2.05) is 0 Å². The number of hydrogen-bond acceptors (Lipinski definition) is 2. The SMILES string of the molecule is CCCCC(c1ccc(CCCCCCCCc2ccc(C(CCCC)c3ccc(N)cc3C)cc2)cc1)c1ccc(N)cc1C. The van der Waals surface area contributed by atoms with Crippen LogP contribution < -0.4 is 11.5 Å². The van der Waals surface area contributed by atoms with Crippen molar-refractivity contribution in [3.05, 3.63) is 129 Å². The second-order valence-corrected chi connectivity index (χ2v) is 13.7. The van der Waals surface area contributed by atoms with Crippen molar-refractivity contribution >= 4 is 11.4 Å². The molecule has 2 heteroatoms. The zero-order chi connectivity index (χ0) is 32.7. The molecule has 2 unspecified atom stereocenters. The molecule has 0 spiro atoms. The first-order chi connectivity index (χ1) is 22.4. The molecule has 2 nitrogen and oxygen atoms in total. The van der Waals surface area contributed by atoms with E-state index in [0.29, 0.717) is 11.8 Å². The Morgan fingerprint density at radius 3 is 1.17 bits per heavy atom. The second kappa shape index (κ2) is 18.6. The number of hydrogen-bond donors (Lipinski definition) is 2. The Hall–Kier alpha value is -3.52. The smallest absolute Gasteiger partial charge is 0.0316 e. The van der Waals surface area contributed by atoms with Crippen molar-refractivity contribution < 1.29 is 0 Å². The van der Waals surface area contributed by atoms with Crippen LogP contribution >= 0.6 is 0 Å². The molecule has 0 saturated heterocycles. The predicted octanol–water partition coefficient (Wildman–Crippen LogP) is 12.2. The van der Waals surface area contributed by atoms with Crippen LogP contribution in [0.25, 0.3) is 0 Å². The molecule has 0 fully saturated rings. The van der Waals surface area contributed by atoms with E-state index in [9.17, 15) is 0 Å². The third kappa shape index (κ3) is 10.5. The van der Waals surface area contributed by atoms with Gasteiger partial charge in [0.05, 0.1) is 0 Å². The molecule has 4 rings (SSSR count). The van der Waals surface area contributed by atoms with Gasteiger partial charge < -0.3 is 11.5 Å². The highest BCUT2D eigenvalue weighted by Crippen LogP contribution is 2.34. The maximum absolute atomic E-state index is 6.05. The molecule has 4 aromatic rings. The predicted molar refractivity (Wildman–Crippen MR) is 202 cm³/mol. The lowest BCUT2D eigenvalue weighted by atomic mass is 9.84. The maximum Gasteiger partial charge on any atom is 0.0316 e. The molecule has 0 aliphatic heterocycles. The van der Waals surface area contributed by atoms with Crippen molar-refractivity contribution in [1.29, 1.82) is 0 Å². The van der Waals surface area contributed by atoms with Gasteiger partial charge in [-0.1, -0.05) is 126 Å². The van der Waals surface area contributed by atoms with E-state index >= 15 is 0 Å². The Morgan fingerprint density at radius 2 is 0.826 bits per heavy atom. The molecule has 0 heterocycles. The summed E-state index contributed by atoms with van der Waals surface area (Å²) in [6.07, 6.45) is 17.6. The van der Waals surface area contributed by atoms with Crippen LogP contribution in [0.4, 0.5) is 11.4 Å². The highest BCUT2D eigenvalue weighted by molar-refractivity contribution is 5.49. The molecule has 0 amide bonds. The summed E-state index contributed by atoms with van der Waals surface area (Å²) in [5, 5.41) is 0. The van der Waals surface area contributed by atoms with Crippen LogP contribution in [0.2, 0.25) is 0 Å². The topological polar surface area (TPSA) is 52.0 Å². The fourth-order valence-corrected chi connectivity index (χ4v) is 7.20. The van der Waals surface area contributed by atoms with Gasteiger partial charge >= 0.3 is 0 Å². The summed E-state index contributed by atoms with van der Waals surface area (Å²) in [6.45, 7) is 8.96. The van der Waals surface area contributed by atoms with Crippen LogP contribution in [-0.2, 0) is 12.8 Å². The zero-order valence-electron chi connectivity index (χ0n) is 29.3. The first-order valence-electron chi connectivity index (χ1n) is 18.3. The van der Waals surface area contributed by atoms with Crippen LogP contribution in [0.5, 0.6) is 0 Å². The Balaban J connectivity index is 1.17. The van der Waals surface area contributed by atoms with Crippen LogP contribution in [0.15, 0.2) is 84.9 Å². The van der Waals surface area contributed by atoms with Gasteiger partial charge in [-0.2, -0.15) is 0 Å². The lowest BCUT2D eigenvalue weighted by Gasteiger charge is -2.21. The van der Waals surface area contributed by atoms with E-state index in [4.69, 9.17) is 11.5 Å². The van der Waals surface area contributed by atoms with E-state index in [1.165, 1.54) is 134 Å². The van der Waals surface area contributed by atoms with Gasteiger partial charge in [0.25, 0.3) is 0 Å². The number of rotatable bonds is 19. The van der Waals surface area contributed by atoms with Crippen molar-refractivity contribution in [2.24, 2.45) is 0 Å². The van der Waals surface area contributed by atoms with Gasteiger partial charge in [0, 0.05) is 23.2 Å². The molecule has 246 valence electrons. The second-order valence-electron chi connectivity index (χ2n) is 13.7. The molecule has 4 aromatic carbocycles.